The van der Waals surface area contributed by atoms with Gasteiger partial charge in [-0.3, -0.25) is 4.79 Å². The molecule has 1 aliphatic rings. The minimum absolute atomic E-state index is 0.119. The molecule has 0 aromatic rings. The number of hydrogen-bond donors (Lipinski definition) is 1. The molecule has 1 heterocycles. The predicted molar refractivity (Wildman–Crippen MR) is 30.8 cm³/mol. The summed E-state index contributed by atoms with van der Waals surface area (Å²) in [5.74, 6) is -0.312. The molecule has 0 aromatic carbocycles. The van der Waals surface area contributed by atoms with Crippen molar-refractivity contribution < 1.29 is 14.6 Å². The Hall–Kier alpha value is -0.570. The second-order valence-electron chi connectivity index (χ2n) is 2.67. The van der Waals surface area contributed by atoms with Crippen molar-refractivity contribution in [3.63, 3.8) is 0 Å². The first-order chi connectivity index (χ1) is 4.02. The fourth-order valence-electron chi connectivity index (χ4n) is 0.802. The molecule has 1 fully saturated rings. The first-order valence-electron chi connectivity index (χ1n) is 2.94. The summed E-state index contributed by atoms with van der Waals surface area (Å²) < 4.78 is 4.69. The lowest BCUT2D eigenvalue weighted by Gasteiger charge is -2.17. The van der Waals surface area contributed by atoms with Crippen molar-refractivity contribution in [2.45, 2.75) is 32.0 Å². The van der Waals surface area contributed by atoms with Crippen LogP contribution >= 0.6 is 0 Å². The van der Waals surface area contributed by atoms with Crippen molar-refractivity contribution in [3.8, 4) is 0 Å². The van der Waals surface area contributed by atoms with Crippen LogP contribution in [-0.2, 0) is 9.53 Å². The highest BCUT2D eigenvalue weighted by atomic mass is 16.6. The summed E-state index contributed by atoms with van der Waals surface area (Å²) in [7, 11) is 0. The zero-order valence-corrected chi connectivity index (χ0v) is 5.55. The van der Waals surface area contributed by atoms with E-state index in [9.17, 15) is 9.90 Å². The van der Waals surface area contributed by atoms with Gasteiger partial charge >= 0.3 is 5.97 Å². The van der Waals surface area contributed by atoms with E-state index >= 15 is 0 Å². The summed E-state index contributed by atoms with van der Waals surface area (Å²) in [5, 5.41) is 9.29. The lowest BCUT2D eigenvalue weighted by Crippen LogP contribution is -2.31. The van der Waals surface area contributed by atoms with Gasteiger partial charge in [-0.1, -0.05) is 0 Å². The monoisotopic (exact) mass is 130 g/mol. The Kier molecular flexibility index (Phi) is 1.24. The molecular weight excluding hydrogens is 120 g/mol. The van der Waals surface area contributed by atoms with Crippen LogP contribution in [-0.4, -0.2) is 22.8 Å². The highest BCUT2D eigenvalue weighted by molar-refractivity contribution is 5.73. The van der Waals surface area contributed by atoms with Gasteiger partial charge in [-0.15, -0.1) is 0 Å². The van der Waals surface area contributed by atoms with Crippen molar-refractivity contribution in [3.05, 3.63) is 0 Å². The van der Waals surface area contributed by atoms with Crippen LogP contribution in [0, 0.1) is 0 Å². The minimum atomic E-state index is -0.947. The lowest BCUT2D eigenvalue weighted by molar-refractivity contribution is -0.141. The molecule has 1 saturated heterocycles. The number of ether oxygens (including phenoxy) is 1. The molecule has 1 aliphatic heterocycles. The smallest absolute Gasteiger partial charge is 0.309 e. The Morgan fingerprint density at radius 1 is 1.89 bits per heavy atom. The third kappa shape index (κ3) is 1.05. The van der Waals surface area contributed by atoms with Crippen LogP contribution in [0.15, 0.2) is 0 Å². The molecule has 3 nitrogen and oxygen atoms in total. The van der Waals surface area contributed by atoms with Crippen LogP contribution in [0.3, 0.4) is 0 Å². The molecule has 2 atom stereocenters. The molecule has 0 aromatic heterocycles. The molecule has 1 unspecified atom stereocenters. The predicted octanol–water partition coefficient (Wildman–Crippen LogP) is 0.0728. The fraction of sp³-hybridized carbons (Fsp3) is 0.833. The van der Waals surface area contributed by atoms with Crippen LogP contribution < -0.4 is 0 Å². The van der Waals surface area contributed by atoms with Gasteiger partial charge in [-0.05, 0) is 13.8 Å². The van der Waals surface area contributed by atoms with E-state index in [1.54, 1.807) is 13.8 Å². The molecule has 9 heavy (non-hydrogen) atoms. The van der Waals surface area contributed by atoms with E-state index in [0.29, 0.717) is 0 Å². The molecule has 1 N–H and O–H groups in total. The number of esters is 1. The van der Waals surface area contributed by atoms with Crippen molar-refractivity contribution in [1.82, 2.24) is 0 Å². The molecule has 0 spiro atoms. The van der Waals surface area contributed by atoms with E-state index < -0.39 is 5.60 Å². The molecule has 0 saturated carbocycles. The number of aliphatic hydroxyl groups is 1. The third-order valence-corrected chi connectivity index (χ3v) is 1.69. The Bertz CT molecular complexity index is 139. The van der Waals surface area contributed by atoms with Crippen molar-refractivity contribution in [2.24, 2.45) is 0 Å². The number of rotatable bonds is 0. The van der Waals surface area contributed by atoms with Gasteiger partial charge in [0.05, 0.1) is 6.42 Å². The first-order valence-corrected chi connectivity index (χ1v) is 2.94. The largest absolute Gasteiger partial charge is 0.460 e. The third-order valence-electron chi connectivity index (χ3n) is 1.69. The number of carbonyl (C=O) groups is 1. The molecule has 0 bridgehead atoms. The van der Waals surface area contributed by atoms with Crippen LogP contribution in [0.2, 0.25) is 0 Å². The second-order valence-corrected chi connectivity index (χ2v) is 2.67. The minimum Gasteiger partial charge on any atom is -0.460 e. The topological polar surface area (TPSA) is 46.5 Å². The van der Waals surface area contributed by atoms with E-state index in [0.717, 1.165) is 0 Å². The normalized spacial score (nSPS) is 43.0. The number of cyclic esters (lactones) is 1. The van der Waals surface area contributed by atoms with Gasteiger partial charge in [0.25, 0.3) is 0 Å². The molecule has 1 rings (SSSR count). The maximum Gasteiger partial charge on any atom is 0.309 e. The van der Waals surface area contributed by atoms with Gasteiger partial charge in [0.1, 0.15) is 11.7 Å². The highest BCUT2D eigenvalue weighted by Crippen LogP contribution is 2.25. The van der Waals surface area contributed by atoms with Crippen LogP contribution in [0.1, 0.15) is 20.3 Å². The van der Waals surface area contributed by atoms with Gasteiger partial charge in [0, 0.05) is 0 Å². The van der Waals surface area contributed by atoms with E-state index in [4.69, 9.17) is 0 Å². The Balaban J connectivity index is 2.69. The molecular formula is C6H10O3. The first kappa shape index (κ1) is 6.55. The molecule has 0 aliphatic carbocycles. The standard InChI is InChI=1S/C6H10O3/c1-4-6(2,8)3-5(7)9-4/h4,8H,3H2,1-2H3/t4?,6-/m1/s1. The van der Waals surface area contributed by atoms with Gasteiger partial charge in [-0.2, -0.15) is 0 Å². The van der Waals surface area contributed by atoms with Gasteiger partial charge in [-0.25, -0.2) is 0 Å². The Morgan fingerprint density at radius 2 is 2.44 bits per heavy atom. The summed E-state index contributed by atoms with van der Waals surface area (Å²) >= 11 is 0. The summed E-state index contributed by atoms with van der Waals surface area (Å²) in [6.07, 6.45) is -0.237. The average molecular weight is 130 g/mol. The maximum atomic E-state index is 10.5. The van der Waals surface area contributed by atoms with E-state index in [1.165, 1.54) is 0 Å². The summed E-state index contributed by atoms with van der Waals surface area (Å²) in [6, 6.07) is 0. The van der Waals surface area contributed by atoms with E-state index in [2.05, 4.69) is 4.74 Å². The Labute approximate surface area is 53.6 Å². The van der Waals surface area contributed by atoms with Crippen LogP contribution in [0.25, 0.3) is 0 Å². The average Bonchev–Trinajstić information content (AvgIpc) is 1.79. The second kappa shape index (κ2) is 1.70. The SMILES string of the molecule is CC1OC(=O)C[C@@]1(C)O. The van der Waals surface area contributed by atoms with Crippen LogP contribution in [0.4, 0.5) is 0 Å². The van der Waals surface area contributed by atoms with Crippen LogP contribution in [0.5, 0.6) is 0 Å². The number of hydrogen-bond acceptors (Lipinski definition) is 3. The summed E-state index contributed by atoms with van der Waals surface area (Å²) in [5.41, 5.74) is -0.947. The van der Waals surface area contributed by atoms with Gasteiger partial charge in [0.15, 0.2) is 0 Å². The summed E-state index contributed by atoms with van der Waals surface area (Å²) in [6.45, 7) is 3.29. The van der Waals surface area contributed by atoms with Gasteiger partial charge < -0.3 is 9.84 Å². The van der Waals surface area contributed by atoms with Crippen molar-refractivity contribution >= 4 is 5.97 Å². The molecule has 0 radical (unpaired) electrons. The van der Waals surface area contributed by atoms with Crippen molar-refractivity contribution in [2.75, 3.05) is 0 Å². The maximum absolute atomic E-state index is 10.5. The number of carbonyl (C=O) groups excluding carboxylic acids is 1. The fourth-order valence-corrected chi connectivity index (χ4v) is 0.802. The van der Waals surface area contributed by atoms with E-state index in [-0.39, 0.29) is 18.5 Å². The molecule has 0 amide bonds. The highest BCUT2D eigenvalue weighted by Gasteiger charge is 2.40. The lowest BCUT2D eigenvalue weighted by atomic mass is 10.00. The molecule has 3 heteroatoms. The van der Waals surface area contributed by atoms with Gasteiger partial charge in [0.2, 0.25) is 0 Å². The molecule has 52 valence electrons. The zero-order chi connectivity index (χ0) is 7.07. The van der Waals surface area contributed by atoms with Crippen molar-refractivity contribution in [1.29, 1.82) is 0 Å². The van der Waals surface area contributed by atoms with E-state index in [1.807, 2.05) is 0 Å². The zero-order valence-electron chi connectivity index (χ0n) is 5.55. The summed E-state index contributed by atoms with van der Waals surface area (Å²) in [4.78, 5) is 10.5. The quantitative estimate of drug-likeness (QED) is 0.472. The Morgan fingerprint density at radius 3 is 2.56 bits per heavy atom.